The first kappa shape index (κ1) is 21.1. The Hall–Kier alpha value is -2.19. The summed E-state index contributed by atoms with van der Waals surface area (Å²) in [6.45, 7) is 6.67. The molecular formula is C22H33N5O3. The Kier molecular flexibility index (Phi) is 7.17. The van der Waals surface area contributed by atoms with Gasteiger partial charge in [0.1, 0.15) is 0 Å². The Labute approximate surface area is 178 Å². The highest BCUT2D eigenvalue weighted by Crippen LogP contribution is 2.24. The van der Waals surface area contributed by atoms with Gasteiger partial charge < -0.3 is 19.9 Å². The van der Waals surface area contributed by atoms with Crippen LogP contribution < -0.4 is 5.32 Å². The summed E-state index contributed by atoms with van der Waals surface area (Å²) in [7, 11) is 0. The second kappa shape index (κ2) is 10.2. The smallest absolute Gasteiger partial charge is 0.320 e. The minimum atomic E-state index is 0.0448. The van der Waals surface area contributed by atoms with Crippen LogP contribution in [0.5, 0.6) is 0 Å². The number of morpholine rings is 1. The van der Waals surface area contributed by atoms with Gasteiger partial charge in [0.05, 0.1) is 19.1 Å². The van der Waals surface area contributed by atoms with Crippen molar-refractivity contribution in [3.05, 3.63) is 30.1 Å². The van der Waals surface area contributed by atoms with Gasteiger partial charge in [-0.05, 0) is 43.9 Å². The number of ether oxygens (including phenoxy) is 1. The number of nitrogens with zero attached hydrogens (tertiary/aromatic N) is 4. The molecule has 4 rings (SSSR count). The molecule has 1 atom stereocenters. The molecule has 8 nitrogen and oxygen atoms in total. The van der Waals surface area contributed by atoms with Gasteiger partial charge >= 0.3 is 6.03 Å². The van der Waals surface area contributed by atoms with Crippen LogP contribution in [-0.4, -0.2) is 90.1 Å². The molecule has 3 amide bonds. The van der Waals surface area contributed by atoms with Crippen LogP contribution in [0.15, 0.2) is 24.5 Å². The van der Waals surface area contributed by atoms with Crippen molar-refractivity contribution in [2.75, 3.05) is 52.5 Å². The van der Waals surface area contributed by atoms with E-state index in [1.807, 2.05) is 21.9 Å². The Morgan fingerprint density at radius 2 is 1.83 bits per heavy atom. The second-order valence-electron chi connectivity index (χ2n) is 8.51. The summed E-state index contributed by atoms with van der Waals surface area (Å²) in [5.41, 5.74) is 1.02. The first-order chi connectivity index (χ1) is 14.7. The number of carbonyl (C=O) groups is 2. The van der Waals surface area contributed by atoms with E-state index < -0.39 is 0 Å². The molecule has 0 saturated carbocycles. The van der Waals surface area contributed by atoms with Crippen molar-refractivity contribution in [3.63, 3.8) is 0 Å². The third-order valence-corrected chi connectivity index (χ3v) is 6.55. The fourth-order valence-electron chi connectivity index (χ4n) is 4.77. The molecule has 4 heterocycles. The van der Waals surface area contributed by atoms with E-state index in [1.54, 1.807) is 12.4 Å². The number of aromatic nitrogens is 1. The predicted molar refractivity (Wildman–Crippen MR) is 113 cm³/mol. The second-order valence-corrected chi connectivity index (χ2v) is 8.51. The van der Waals surface area contributed by atoms with Crippen LogP contribution in [0, 0.1) is 5.92 Å². The van der Waals surface area contributed by atoms with Crippen LogP contribution in [0.25, 0.3) is 0 Å². The van der Waals surface area contributed by atoms with E-state index in [9.17, 15) is 9.59 Å². The van der Waals surface area contributed by atoms with Gasteiger partial charge in [-0.1, -0.05) is 6.07 Å². The molecule has 8 heteroatoms. The van der Waals surface area contributed by atoms with Crippen LogP contribution in [-0.2, 0) is 16.1 Å². The monoisotopic (exact) mass is 415 g/mol. The Balaban J connectivity index is 1.23. The fraction of sp³-hybridized carbons (Fsp3) is 0.682. The molecule has 3 aliphatic heterocycles. The third kappa shape index (κ3) is 5.29. The molecule has 3 fully saturated rings. The lowest BCUT2D eigenvalue weighted by atomic mass is 9.93. The van der Waals surface area contributed by atoms with Crippen molar-refractivity contribution >= 4 is 11.9 Å². The number of urea groups is 1. The van der Waals surface area contributed by atoms with E-state index in [4.69, 9.17) is 4.74 Å². The number of carbonyl (C=O) groups excluding carboxylic acids is 2. The number of hydrogen-bond acceptors (Lipinski definition) is 5. The molecule has 1 unspecified atom stereocenters. The maximum Gasteiger partial charge on any atom is 0.320 e. The number of rotatable bonds is 4. The fourth-order valence-corrected chi connectivity index (χ4v) is 4.77. The maximum atomic E-state index is 12.7. The van der Waals surface area contributed by atoms with Gasteiger partial charge in [-0.25, -0.2) is 4.79 Å². The van der Waals surface area contributed by atoms with E-state index >= 15 is 0 Å². The molecule has 164 valence electrons. The predicted octanol–water partition coefficient (Wildman–Crippen LogP) is 1.33. The van der Waals surface area contributed by atoms with Gasteiger partial charge in [0.25, 0.3) is 0 Å². The molecule has 1 N–H and O–H groups in total. The quantitative estimate of drug-likeness (QED) is 0.803. The van der Waals surface area contributed by atoms with Crippen molar-refractivity contribution in [1.82, 2.24) is 25.0 Å². The molecule has 0 radical (unpaired) electrons. The molecule has 1 aromatic heterocycles. The summed E-state index contributed by atoms with van der Waals surface area (Å²) < 4.78 is 5.35. The van der Waals surface area contributed by atoms with Gasteiger partial charge in [0.2, 0.25) is 5.91 Å². The SMILES string of the molecule is O=C(NCc1cccnc1)C1CCCN(C2CCN(C(=O)N3CCOCC3)CC2)C1. The summed E-state index contributed by atoms with van der Waals surface area (Å²) >= 11 is 0. The zero-order valence-corrected chi connectivity index (χ0v) is 17.7. The van der Waals surface area contributed by atoms with Crippen molar-refractivity contribution in [3.8, 4) is 0 Å². The van der Waals surface area contributed by atoms with E-state index in [-0.39, 0.29) is 17.9 Å². The summed E-state index contributed by atoms with van der Waals surface area (Å²) in [6, 6.07) is 4.49. The number of likely N-dealkylation sites (tertiary alicyclic amines) is 2. The van der Waals surface area contributed by atoms with E-state index in [2.05, 4.69) is 15.2 Å². The van der Waals surface area contributed by atoms with Crippen LogP contribution in [0.3, 0.4) is 0 Å². The number of pyridine rings is 1. The number of amides is 3. The van der Waals surface area contributed by atoms with E-state index in [0.29, 0.717) is 38.9 Å². The Morgan fingerprint density at radius 1 is 1.07 bits per heavy atom. The van der Waals surface area contributed by atoms with Crippen LogP contribution >= 0.6 is 0 Å². The van der Waals surface area contributed by atoms with Gasteiger partial charge in [0, 0.05) is 57.7 Å². The van der Waals surface area contributed by atoms with Crippen molar-refractivity contribution in [1.29, 1.82) is 0 Å². The highest BCUT2D eigenvalue weighted by molar-refractivity contribution is 5.79. The average molecular weight is 416 g/mol. The van der Waals surface area contributed by atoms with Crippen molar-refractivity contribution in [2.24, 2.45) is 5.92 Å². The molecule has 30 heavy (non-hydrogen) atoms. The number of nitrogens with one attached hydrogen (secondary N) is 1. The summed E-state index contributed by atoms with van der Waals surface area (Å²) in [4.78, 5) is 35.9. The highest BCUT2D eigenvalue weighted by Gasteiger charge is 2.33. The minimum absolute atomic E-state index is 0.0448. The topological polar surface area (TPSA) is 78.0 Å². The zero-order valence-electron chi connectivity index (χ0n) is 17.7. The maximum absolute atomic E-state index is 12.7. The van der Waals surface area contributed by atoms with Gasteiger partial charge in [-0.15, -0.1) is 0 Å². The molecule has 1 aromatic rings. The van der Waals surface area contributed by atoms with Crippen LogP contribution in [0.4, 0.5) is 4.79 Å². The largest absolute Gasteiger partial charge is 0.378 e. The van der Waals surface area contributed by atoms with E-state index in [1.165, 1.54) is 0 Å². The highest BCUT2D eigenvalue weighted by atomic mass is 16.5. The van der Waals surface area contributed by atoms with Gasteiger partial charge in [-0.3, -0.25) is 14.7 Å². The van der Waals surface area contributed by atoms with E-state index in [0.717, 1.165) is 57.4 Å². The van der Waals surface area contributed by atoms with Gasteiger partial charge in [0.15, 0.2) is 0 Å². The van der Waals surface area contributed by atoms with Crippen LogP contribution in [0.1, 0.15) is 31.2 Å². The molecule has 0 spiro atoms. The molecule has 3 saturated heterocycles. The first-order valence-electron chi connectivity index (χ1n) is 11.2. The summed E-state index contributed by atoms with van der Waals surface area (Å²) in [5, 5.41) is 3.08. The molecular weight excluding hydrogens is 382 g/mol. The zero-order chi connectivity index (χ0) is 20.8. The number of piperidine rings is 2. The van der Waals surface area contributed by atoms with Gasteiger partial charge in [-0.2, -0.15) is 0 Å². The van der Waals surface area contributed by atoms with Crippen molar-refractivity contribution < 1.29 is 14.3 Å². The molecule has 0 aromatic carbocycles. The minimum Gasteiger partial charge on any atom is -0.378 e. The average Bonchev–Trinajstić information content (AvgIpc) is 2.83. The molecule has 3 aliphatic rings. The van der Waals surface area contributed by atoms with Crippen LogP contribution in [0.2, 0.25) is 0 Å². The summed E-state index contributed by atoms with van der Waals surface area (Å²) in [6.07, 6.45) is 7.51. The Bertz CT molecular complexity index is 702. The third-order valence-electron chi connectivity index (χ3n) is 6.55. The summed E-state index contributed by atoms with van der Waals surface area (Å²) in [5.74, 6) is 0.187. The van der Waals surface area contributed by atoms with Crippen molar-refractivity contribution in [2.45, 2.75) is 38.3 Å². The molecule has 0 aliphatic carbocycles. The Morgan fingerprint density at radius 3 is 2.57 bits per heavy atom. The normalized spacial score (nSPS) is 23.9. The first-order valence-corrected chi connectivity index (χ1v) is 11.2. The number of hydrogen-bond donors (Lipinski definition) is 1. The standard InChI is InChI=1S/C22H33N5O3/c28-21(24-16-18-3-1-7-23-15-18)19-4-2-8-27(17-19)20-5-9-25(10-6-20)22(29)26-11-13-30-14-12-26/h1,3,7,15,19-20H,2,4-6,8-14,16-17H2,(H,24,28). The molecule has 0 bridgehead atoms. The lowest BCUT2D eigenvalue weighted by Crippen LogP contribution is -2.54. The lowest BCUT2D eigenvalue weighted by molar-refractivity contribution is -0.127. The lowest BCUT2D eigenvalue weighted by Gasteiger charge is -2.43.